The van der Waals surface area contributed by atoms with E-state index in [1.54, 1.807) is 23.7 Å². The molecular formula is C23H18ClNO3S. The predicted molar refractivity (Wildman–Crippen MR) is 117 cm³/mol. The zero-order valence-electron chi connectivity index (χ0n) is 15.7. The molecule has 2 heterocycles. The summed E-state index contributed by atoms with van der Waals surface area (Å²) in [6.45, 7) is 0. The van der Waals surface area contributed by atoms with Crippen LogP contribution >= 0.6 is 22.9 Å². The quantitative estimate of drug-likeness (QED) is 0.458. The van der Waals surface area contributed by atoms with Crippen LogP contribution in [0.15, 0.2) is 64.9 Å². The highest BCUT2D eigenvalue weighted by atomic mass is 35.5. The number of rotatable bonds is 4. The molecule has 1 saturated carbocycles. The molecule has 0 bridgehead atoms. The molecule has 2 aromatic carbocycles. The minimum atomic E-state index is -0.761. The Bertz CT molecular complexity index is 1290. The maximum absolute atomic E-state index is 12.5. The molecule has 1 fully saturated rings. The number of fused-ring (bicyclic) bond motifs is 1. The van der Waals surface area contributed by atoms with Gasteiger partial charge in [-0.05, 0) is 66.2 Å². The standard InChI is InChI=1S/C23H18ClNO3S/c1-25-13-19(21-17(22(25)26)8-11-29-21)18-12-14(23(27)9-10-23)2-7-20(18)28-16-5-3-15(24)4-6-16/h2-8,11-13,27H,9-10H2,1H3. The number of nitrogens with zero attached hydrogens (tertiary/aromatic N) is 1. The van der Waals surface area contributed by atoms with Gasteiger partial charge in [-0.15, -0.1) is 11.3 Å². The number of aryl methyl sites for hydroxylation is 1. The van der Waals surface area contributed by atoms with Gasteiger partial charge in [0.15, 0.2) is 0 Å². The maximum Gasteiger partial charge on any atom is 0.259 e. The molecule has 0 saturated heterocycles. The molecular weight excluding hydrogens is 406 g/mol. The van der Waals surface area contributed by atoms with Crippen molar-refractivity contribution in [1.82, 2.24) is 4.57 Å². The molecule has 0 atom stereocenters. The molecule has 1 N–H and O–H groups in total. The largest absolute Gasteiger partial charge is 0.457 e. The van der Waals surface area contributed by atoms with Gasteiger partial charge in [-0.25, -0.2) is 0 Å². The van der Waals surface area contributed by atoms with Crippen LogP contribution in [0.25, 0.3) is 21.2 Å². The molecule has 4 aromatic rings. The summed E-state index contributed by atoms with van der Waals surface area (Å²) in [5.74, 6) is 1.33. The van der Waals surface area contributed by atoms with Gasteiger partial charge < -0.3 is 14.4 Å². The molecule has 0 amide bonds. The van der Waals surface area contributed by atoms with E-state index in [1.165, 1.54) is 11.3 Å². The minimum absolute atomic E-state index is 0.0258. The van der Waals surface area contributed by atoms with Gasteiger partial charge in [0.05, 0.1) is 11.0 Å². The summed E-state index contributed by atoms with van der Waals surface area (Å²) < 4.78 is 8.68. The summed E-state index contributed by atoms with van der Waals surface area (Å²) >= 11 is 7.52. The van der Waals surface area contributed by atoms with Crippen molar-refractivity contribution in [2.45, 2.75) is 18.4 Å². The Labute approximate surface area is 176 Å². The van der Waals surface area contributed by atoms with Gasteiger partial charge in [0.2, 0.25) is 0 Å². The number of thiophene rings is 1. The fourth-order valence-corrected chi connectivity index (χ4v) is 4.57. The lowest BCUT2D eigenvalue weighted by atomic mass is 9.99. The Morgan fingerprint density at radius 1 is 1.10 bits per heavy atom. The van der Waals surface area contributed by atoms with E-state index in [0.29, 0.717) is 21.9 Å². The summed E-state index contributed by atoms with van der Waals surface area (Å²) in [7, 11) is 1.75. The second-order valence-corrected chi connectivity index (χ2v) is 8.77. The van der Waals surface area contributed by atoms with E-state index >= 15 is 0 Å². The Morgan fingerprint density at radius 3 is 2.59 bits per heavy atom. The Hall–Kier alpha value is -2.60. The summed E-state index contributed by atoms with van der Waals surface area (Å²) in [6, 6.07) is 14.8. The van der Waals surface area contributed by atoms with Crippen LogP contribution in [0.2, 0.25) is 5.02 Å². The predicted octanol–water partition coefficient (Wildman–Crippen LogP) is 5.69. The van der Waals surface area contributed by atoms with Crippen LogP contribution in [-0.4, -0.2) is 9.67 Å². The van der Waals surface area contributed by atoms with Gasteiger partial charge >= 0.3 is 0 Å². The van der Waals surface area contributed by atoms with E-state index in [1.807, 2.05) is 48.0 Å². The van der Waals surface area contributed by atoms with Gasteiger partial charge in [0.25, 0.3) is 5.56 Å². The SMILES string of the molecule is Cn1cc(-c2cc(C3(O)CC3)ccc2Oc2ccc(Cl)cc2)c2sccc2c1=O. The summed E-state index contributed by atoms with van der Waals surface area (Å²) in [6.07, 6.45) is 3.35. The molecule has 2 aromatic heterocycles. The van der Waals surface area contributed by atoms with Crippen LogP contribution in [0, 0.1) is 0 Å². The van der Waals surface area contributed by atoms with E-state index in [2.05, 4.69) is 0 Å². The molecule has 0 spiro atoms. The molecule has 4 nitrogen and oxygen atoms in total. The number of hydrogen-bond donors (Lipinski definition) is 1. The van der Waals surface area contributed by atoms with Crippen LogP contribution < -0.4 is 10.3 Å². The first-order valence-corrected chi connectivity index (χ1v) is 10.6. The molecule has 0 radical (unpaired) electrons. The van der Waals surface area contributed by atoms with E-state index in [4.69, 9.17) is 16.3 Å². The Morgan fingerprint density at radius 2 is 1.86 bits per heavy atom. The van der Waals surface area contributed by atoms with Crippen LogP contribution in [0.4, 0.5) is 0 Å². The normalized spacial score (nSPS) is 14.9. The summed E-state index contributed by atoms with van der Waals surface area (Å²) in [5, 5.41) is 13.9. The van der Waals surface area contributed by atoms with Gasteiger partial charge in [-0.2, -0.15) is 0 Å². The van der Waals surface area contributed by atoms with Crippen LogP contribution in [0.3, 0.4) is 0 Å². The molecule has 0 unspecified atom stereocenters. The van der Waals surface area contributed by atoms with Crippen molar-refractivity contribution >= 4 is 33.0 Å². The zero-order chi connectivity index (χ0) is 20.2. The number of hydrogen-bond acceptors (Lipinski definition) is 4. The first kappa shape index (κ1) is 18.4. The van der Waals surface area contributed by atoms with Crippen LogP contribution in [0.5, 0.6) is 11.5 Å². The van der Waals surface area contributed by atoms with Crippen molar-refractivity contribution in [3.63, 3.8) is 0 Å². The van der Waals surface area contributed by atoms with Crippen molar-refractivity contribution in [1.29, 1.82) is 0 Å². The third kappa shape index (κ3) is 3.25. The third-order valence-corrected chi connectivity index (χ3v) is 6.56. The number of aromatic nitrogens is 1. The molecule has 146 valence electrons. The molecule has 29 heavy (non-hydrogen) atoms. The van der Waals surface area contributed by atoms with Gasteiger partial charge in [-0.3, -0.25) is 4.79 Å². The highest BCUT2D eigenvalue weighted by Gasteiger charge is 2.42. The maximum atomic E-state index is 12.5. The van der Waals surface area contributed by atoms with Crippen molar-refractivity contribution in [3.05, 3.63) is 81.0 Å². The summed E-state index contributed by atoms with van der Waals surface area (Å²) in [4.78, 5) is 12.5. The number of ether oxygens (including phenoxy) is 1. The molecule has 1 aliphatic rings. The average Bonchev–Trinajstić information content (AvgIpc) is 3.27. The van der Waals surface area contributed by atoms with Gasteiger partial charge in [-0.1, -0.05) is 17.7 Å². The first-order chi connectivity index (χ1) is 13.9. The lowest BCUT2D eigenvalue weighted by molar-refractivity contribution is 0.151. The third-order valence-electron chi connectivity index (χ3n) is 5.36. The number of halogens is 1. The number of aliphatic hydroxyl groups is 1. The van der Waals surface area contributed by atoms with Gasteiger partial charge in [0, 0.05) is 34.1 Å². The van der Waals surface area contributed by atoms with Crippen molar-refractivity contribution in [2.24, 2.45) is 7.05 Å². The van der Waals surface area contributed by atoms with E-state index in [-0.39, 0.29) is 5.56 Å². The topological polar surface area (TPSA) is 51.5 Å². The lowest BCUT2D eigenvalue weighted by Crippen LogP contribution is -2.15. The van der Waals surface area contributed by atoms with Crippen molar-refractivity contribution in [3.8, 4) is 22.6 Å². The smallest absolute Gasteiger partial charge is 0.259 e. The van der Waals surface area contributed by atoms with Crippen molar-refractivity contribution in [2.75, 3.05) is 0 Å². The second kappa shape index (κ2) is 6.73. The monoisotopic (exact) mass is 423 g/mol. The number of pyridine rings is 1. The highest BCUT2D eigenvalue weighted by molar-refractivity contribution is 7.17. The zero-order valence-corrected chi connectivity index (χ0v) is 17.3. The highest BCUT2D eigenvalue weighted by Crippen LogP contribution is 2.48. The number of benzene rings is 2. The summed E-state index contributed by atoms with van der Waals surface area (Å²) in [5.41, 5.74) is 1.84. The van der Waals surface area contributed by atoms with E-state index in [9.17, 15) is 9.90 Å². The van der Waals surface area contributed by atoms with E-state index in [0.717, 1.165) is 34.2 Å². The minimum Gasteiger partial charge on any atom is -0.457 e. The molecule has 6 heteroatoms. The second-order valence-electron chi connectivity index (χ2n) is 7.42. The fourth-order valence-electron chi connectivity index (χ4n) is 3.53. The molecule has 0 aliphatic heterocycles. The lowest BCUT2D eigenvalue weighted by Gasteiger charge is -2.17. The van der Waals surface area contributed by atoms with E-state index < -0.39 is 5.60 Å². The fraction of sp³-hybridized carbons (Fsp3) is 0.174. The Kier molecular flexibility index (Phi) is 4.28. The molecule has 5 rings (SSSR count). The average molecular weight is 424 g/mol. The van der Waals surface area contributed by atoms with Crippen molar-refractivity contribution < 1.29 is 9.84 Å². The van der Waals surface area contributed by atoms with Gasteiger partial charge in [0.1, 0.15) is 11.5 Å². The van der Waals surface area contributed by atoms with Crippen LogP contribution in [0.1, 0.15) is 18.4 Å². The first-order valence-electron chi connectivity index (χ1n) is 9.32. The Balaban J connectivity index is 1.71. The molecule has 1 aliphatic carbocycles. The van der Waals surface area contributed by atoms with Crippen LogP contribution in [-0.2, 0) is 12.6 Å².